The summed E-state index contributed by atoms with van der Waals surface area (Å²) in [6, 6.07) is -2.78. The molecule has 28 heavy (non-hydrogen) atoms. The molecule has 2 aliphatic rings. The van der Waals surface area contributed by atoms with Gasteiger partial charge in [0.15, 0.2) is 18.6 Å². The van der Waals surface area contributed by atoms with E-state index in [1.807, 2.05) is 0 Å². The first-order valence-electron chi connectivity index (χ1n) is 9.01. The third-order valence-corrected chi connectivity index (χ3v) is 4.86. The quantitative estimate of drug-likeness (QED) is 0.291. The first-order valence-corrected chi connectivity index (χ1v) is 9.01. The molecular weight excluding hydrogens is 379 g/mol. The lowest BCUT2D eigenvalue weighted by molar-refractivity contribution is -0.283. The molecule has 0 unspecified atom stereocenters. The molecule has 162 valence electrons. The van der Waals surface area contributed by atoms with Gasteiger partial charge in [0, 0.05) is 32.5 Å². The first kappa shape index (κ1) is 22.9. The number of hydrogen-bond acceptors (Lipinski definition) is 11. The molecule has 1 saturated carbocycles. The number of esters is 2. The van der Waals surface area contributed by atoms with Gasteiger partial charge in [-0.15, -0.1) is 0 Å². The van der Waals surface area contributed by atoms with Crippen LogP contribution in [0, 0.1) is 0 Å². The number of aliphatic hydroxyl groups is 1. The Bertz CT molecular complexity index is 569. The molecule has 12 heteroatoms. The van der Waals surface area contributed by atoms with Crippen LogP contribution in [0.4, 0.5) is 4.39 Å². The van der Waals surface area contributed by atoms with Gasteiger partial charge >= 0.3 is 11.9 Å². The Morgan fingerprint density at radius 1 is 1.07 bits per heavy atom. The van der Waals surface area contributed by atoms with Crippen molar-refractivity contribution in [3.05, 3.63) is 0 Å². The van der Waals surface area contributed by atoms with Gasteiger partial charge in [0.05, 0.1) is 6.04 Å². The van der Waals surface area contributed by atoms with Crippen LogP contribution in [0.1, 0.15) is 20.3 Å². The first-order chi connectivity index (χ1) is 13.1. The van der Waals surface area contributed by atoms with Crippen LogP contribution in [0.15, 0.2) is 0 Å². The molecule has 0 aromatic carbocycles. The van der Waals surface area contributed by atoms with Gasteiger partial charge in [-0.05, 0) is 6.42 Å². The Labute approximate surface area is 161 Å². The van der Waals surface area contributed by atoms with Gasteiger partial charge in [-0.25, -0.2) is 4.39 Å². The zero-order valence-electron chi connectivity index (χ0n) is 15.8. The second kappa shape index (κ2) is 9.39. The number of halogens is 1. The van der Waals surface area contributed by atoms with Crippen molar-refractivity contribution >= 4 is 11.9 Å². The van der Waals surface area contributed by atoms with Crippen LogP contribution in [-0.4, -0.2) is 84.7 Å². The largest absolute Gasteiger partial charge is 0.458 e. The third kappa shape index (κ3) is 4.95. The molecule has 2 fully saturated rings. The number of ether oxygens (including phenoxy) is 4. The summed E-state index contributed by atoms with van der Waals surface area (Å²) >= 11 is 0. The average molecular weight is 408 g/mol. The summed E-state index contributed by atoms with van der Waals surface area (Å²) in [5.41, 5.74) is 23.4. The highest BCUT2D eigenvalue weighted by Crippen LogP contribution is 2.30. The molecule has 0 bridgehead atoms. The highest BCUT2D eigenvalue weighted by molar-refractivity contribution is 5.66. The summed E-state index contributed by atoms with van der Waals surface area (Å²) in [7, 11) is 0. The van der Waals surface area contributed by atoms with E-state index < -0.39 is 73.0 Å². The molecule has 1 aliphatic carbocycles. The molecule has 2 rings (SSSR count). The van der Waals surface area contributed by atoms with Gasteiger partial charge < -0.3 is 47.0 Å². The third-order valence-electron chi connectivity index (χ3n) is 4.86. The summed E-state index contributed by atoms with van der Waals surface area (Å²) in [6.07, 6.45) is -8.78. The number of rotatable bonds is 5. The Morgan fingerprint density at radius 2 is 1.61 bits per heavy atom. The summed E-state index contributed by atoms with van der Waals surface area (Å²) in [5.74, 6) is -1.33. The minimum atomic E-state index is -1.82. The SMILES string of the molecule is CC(=O)O[C@@H]1[C@@H](O)[C@H](O[C@H]2O[C@H](CN)[C@@H](OC(C)=O)[C@@H](F)[C@H]2N)[C@@H](N)C[C@H]1N. The molecule has 0 spiro atoms. The predicted molar refractivity (Wildman–Crippen MR) is 93.1 cm³/mol. The second-order valence-electron chi connectivity index (χ2n) is 7.10. The molecule has 1 saturated heterocycles. The van der Waals surface area contributed by atoms with E-state index in [2.05, 4.69) is 0 Å². The van der Waals surface area contributed by atoms with Gasteiger partial charge in [-0.2, -0.15) is 0 Å². The number of carbonyl (C=O) groups is 2. The Kier molecular flexibility index (Phi) is 7.67. The Morgan fingerprint density at radius 3 is 2.14 bits per heavy atom. The van der Waals surface area contributed by atoms with E-state index in [1.54, 1.807) is 0 Å². The van der Waals surface area contributed by atoms with Gasteiger partial charge in [0.1, 0.15) is 24.4 Å². The minimum Gasteiger partial charge on any atom is -0.458 e. The molecular formula is C16H29FN4O7. The van der Waals surface area contributed by atoms with Crippen molar-refractivity contribution in [2.75, 3.05) is 6.54 Å². The maximum Gasteiger partial charge on any atom is 0.303 e. The second-order valence-corrected chi connectivity index (χ2v) is 7.10. The number of alkyl halides is 1. The molecule has 0 aromatic heterocycles. The van der Waals surface area contributed by atoms with Crippen molar-refractivity contribution in [2.45, 2.75) is 81.4 Å². The van der Waals surface area contributed by atoms with Crippen molar-refractivity contribution in [3.8, 4) is 0 Å². The number of carbonyl (C=O) groups excluding carboxylic acids is 2. The van der Waals surface area contributed by atoms with Crippen molar-refractivity contribution in [2.24, 2.45) is 22.9 Å². The van der Waals surface area contributed by atoms with Crippen LogP contribution in [0.25, 0.3) is 0 Å². The molecule has 10 atom stereocenters. The summed E-state index contributed by atoms with van der Waals surface area (Å²) in [6.45, 7) is 2.15. The molecule has 0 radical (unpaired) electrons. The van der Waals surface area contributed by atoms with Crippen LogP contribution < -0.4 is 22.9 Å². The van der Waals surface area contributed by atoms with E-state index in [-0.39, 0.29) is 13.0 Å². The topological polar surface area (TPSA) is 195 Å². The lowest BCUT2D eigenvalue weighted by Gasteiger charge is -2.46. The van der Waals surface area contributed by atoms with Crippen molar-refractivity contribution < 1.29 is 38.0 Å². The fourth-order valence-electron chi connectivity index (χ4n) is 3.52. The number of aliphatic hydroxyl groups excluding tert-OH is 1. The van der Waals surface area contributed by atoms with E-state index in [0.717, 1.165) is 6.92 Å². The standard InChI is InChI=1S/C16H29FN4O7/c1-5(22)25-13-7(19)3-8(20)14(12(13)24)28-16-11(21)10(17)15(26-6(2)23)9(4-18)27-16/h7-16,24H,3-4,18-21H2,1-2H3/t7-,8+,9-,10+,11-,12-,13+,14-,15-,16-/m1/s1. The van der Waals surface area contributed by atoms with Crippen LogP contribution >= 0.6 is 0 Å². The van der Waals surface area contributed by atoms with Crippen molar-refractivity contribution in [1.29, 1.82) is 0 Å². The van der Waals surface area contributed by atoms with Gasteiger partial charge in [-0.1, -0.05) is 0 Å². The van der Waals surface area contributed by atoms with Crippen LogP contribution in [-0.2, 0) is 28.5 Å². The number of nitrogens with two attached hydrogens (primary N) is 4. The molecule has 1 aliphatic heterocycles. The maximum atomic E-state index is 14.7. The zero-order chi connectivity index (χ0) is 21.2. The van der Waals surface area contributed by atoms with Gasteiger partial charge in [0.2, 0.25) is 0 Å². The fourth-order valence-corrected chi connectivity index (χ4v) is 3.52. The summed E-state index contributed by atoms with van der Waals surface area (Å²) in [5, 5.41) is 10.5. The predicted octanol–water partition coefficient (Wildman–Crippen LogP) is -3.00. The van der Waals surface area contributed by atoms with Crippen molar-refractivity contribution in [1.82, 2.24) is 0 Å². The normalized spacial score (nSPS) is 44.0. The van der Waals surface area contributed by atoms with E-state index in [9.17, 15) is 19.1 Å². The molecule has 1 heterocycles. The molecule has 0 amide bonds. The van der Waals surface area contributed by atoms with Crippen molar-refractivity contribution in [3.63, 3.8) is 0 Å². The highest BCUT2D eigenvalue weighted by atomic mass is 19.1. The highest BCUT2D eigenvalue weighted by Gasteiger charge is 2.51. The van der Waals surface area contributed by atoms with E-state index in [4.69, 9.17) is 41.9 Å². The minimum absolute atomic E-state index is 0.162. The summed E-state index contributed by atoms with van der Waals surface area (Å²) < 4.78 is 36.0. The van der Waals surface area contributed by atoms with Crippen LogP contribution in [0.5, 0.6) is 0 Å². The maximum absolute atomic E-state index is 14.7. The average Bonchev–Trinajstić information content (AvgIpc) is 2.60. The monoisotopic (exact) mass is 408 g/mol. The smallest absolute Gasteiger partial charge is 0.303 e. The summed E-state index contributed by atoms with van der Waals surface area (Å²) in [4.78, 5) is 22.5. The lowest BCUT2D eigenvalue weighted by atomic mass is 9.84. The van der Waals surface area contributed by atoms with E-state index in [1.165, 1.54) is 6.92 Å². The van der Waals surface area contributed by atoms with Crippen LogP contribution in [0.2, 0.25) is 0 Å². The number of hydrogen-bond donors (Lipinski definition) is 5. The Hall–Kier alpha value is -1.41. The fraction of sp³-hybridized carbons (Fsp3) is 0.875. The lowest BCUT2D eigenvalue weighted by Crippen LogP contribution is -2.67. The zero-order valence-corrected chi connectivity index (χ0v) is 15.8. The van der Waals surface area contributed by atoms with Gasteiger partial charge in [-0.3, -0.25) is 9.59 Å². The molecule has 11 nitrogen and oxygen atoms in total. The van der Waals surface area contributed by atoms with Crippen LogP contribution in [0.3, 0.4) is 0 Å². The van der Waals surface area contributed by atoms with E-state index in [0.29, 0.717) is 0 Å². The Balaban J connectivity index is 2.14. The molecule has 9 N–H and O–H groups in total. The van der Waals surface area contributed by atoms with E-state index >= 15 is 0 Å². The van der Waals surface area contributed by atoms with Gasteiger partial charge in [0.25, 0.3) is 0 Å². The molecule has 0 aromatic rings.